The summed E-state index contributed by atoms with van der Waals surface area (Å²) in [4.78, 5) is 26.1. The van der Waals surface area contributed by atoms with E-state index in [2.05, 4.69) is 23.6 Å². The fraction of sp³-hybridized carbons (Fsp3) is 0.556. The highest BCUT2D eigenvalue weighted by molar-refractivity contribution is 6.03. The molecular weight excluding hydrogens is 835 g/mol. The highest BCUT2D eigenvalue weighted by Gasteiger charge is 2.65. The zero-order valence-electron chi connectivity index (χ0n) is 38.5. The monoisotopic (exact) mass is 904 g/mol. The Hall–Kier alpha value is -4.88. The molecule has 0 spiro atoms. The van der Waals surface area contributed by atoms with E-state index in [1.807, 2.05) is 65.6 Å². The molecule has 12 nitrogen and oxygen atoms in total. The molecule has 3 aliphatic carbocycles. The normalized spacial score (nSPS) is 25.7. The van der Waals surface area contributed by atoms with Crippen LogP contribution in [0.4, 0.5) is 0 Å². The molecule has 2 N–H and O–H groups in total. The quantitative estimate of drug-likeness (QED) is 0.0389. The number of carbonyl (C=O) groups excluding carboxylic acids is 1. The summed E-state index contributed by atoms with van der Waals surface area (Å²) in [6.45, 7) is 8.99. The molecule has 1 amide bonds. The van der Waals surface area contributed by atoms with Crippen LogP contribution < -0.4 is 18.9 Å². The smallest absolute Gasteiger partial charge is 0.239 e. The lowest BCUT2D eigenvalue weighted by Crippen LogP contribution is -2.70. The molecule has 0 bridgehead atoms. The van der Waals surface area contributed by atoms with Gasteiger partial charge in [0.2, 0.25) is 18.5 Å². The summed E-state index contributed by atoms with van der Waals surface area (Å²) in [5.41, 5.74) is 4.77. The number of hydrogen-bond donors (Lipinski definition) is 2. The number of ether oxygens (including phenoxy) is 5. The second kappa shape index (κ2) is 21.8. The molecular formula is C54H69N3O9. The Morgan fingerprint density at radius 3 is 2.48 bits per heavy atom. The van der Waals surface area contributed by atoms with Crippen LogP contribution in [0.5, 0.6) is 23.0 Å². The van der Waals surface area contributed by atoms with Gasteiger partial charge in [-0.3, -0.25) is 9.69 Å². The van der Waals surface area contributed by atoms with Crippen LogP contribution in [0.3, 0.4) is 0 Å². The number of aliphatic hydroxyl groups is 2. The number of aliphatic hydroxyl groups excluding tert-OH is 2. The van der Waals surface area contributed by atoms with Crippen LogP contribution in [0.15, 0.2) is 96.2 Å². The van der Waals surface area contributed by atoms with E-state index in [-0.39, 0.29) is 56.9 Å². The molecule has 0 aromatic heterocycles. The van der Waals surface area contributed by atoms with Crippen LogP contribution in [-0.4, -0.2) is 96.3 Å². The zero-order valence-corrected chi connectivity index (χ0v) is 38.5. The molecule has 66 heavy (non-hydrogen) atoms. The van der Waals surface area contributed by atoms with E-state index in [4.69, 9.17) is 33.7 Å². The Morgan fingerprint density at radius 2 is 1.70 bits per heavy atom. The SMILES string of the molecule is C=CCO[C@@]12Oc3ccc(OCCN4CC4)cc3[C@H]3[C@H](CCCCO)[C@@H](CCCCO)C=C(C(=NOCc4ccccc4)C[C@@H]1N(Cc1ccc4c(c1)OCO4)C(=O)CCC1CCCC1)[C@H]32. The molecule has 9 rings (SSSR count). The second-order valence-corrected chi connectivity index (χ2v) is 19.1. The maximum Gasteiger partial charge on any atom is 0.239 e. The van der Waals surface area contributed by atoms with E-state index in [1.165, 1.54) is 12.8 Å². The van der Waals surface area contributed by atoms with Crippen LogP contribution in [0.25, 0.3) is 0 Å². The average molecular weight is 904 g/mol. The first-order chi connectivity index (χ1) is 32.5. The lowest BCUT2D eigenvalue weighted by atomic mass is 9.55. The minimum Gasteiger partial charge on any atom is -0.492 e. The van der Waals surface area contributed by atoms with Crippen molar-refractivity contribution in [2.75, 3.05) is 52.9 Å². The van der Waals surface area contributed by atoms with Gasteiger partial charge in [0.05, 0.1) is 18.2 Å². The maximum atomic E-state index is 15.3. The number of carbonyl (C=O) groups is 1. The largest absolute Gasteiger partial charge is 0.492 e. The summed E-state index contributed by atoms with van der Waals surface area (Å²) in [6, 6.07) is 21.6. The summed E-state index contributed by atoms with van der Waals surface area (Å²) >= 11 is 0. The highest BCUT2D eigenvalue weighted by Crippen LogP contribution is 2.62. The van der Waals surface area contributed by atoms with E-state index in [9.17, 15) is 10.2 Å². The molecule has 3 aliphatic heterocycles. The maximum absolute atomic E-state index is 15.3. The van der Waals surface area contributed by atoms with Crippen molar-refractivity contribution in [1.82, 2.24) is 9.80 Å². The molecule has 0 unspecified atom stereocenters. The lowest BCUT2D eigenvalue weighted by molar-refractivity contribution is -0.258. The molecule has 6 aliphatic rings. The molecule has 1 saturated heterocycles. The first-order valence-electron chi connectivity index (χ1n) is 24.8. The number of nitrogens with zero attached hydrogens (tertiary/aromatic N) is 3. The van der Waals surface area contributed by atoms with Gasteiger partial charge in [-0.05, 0) is 96.9 Å². The molecule has 3 aromatic rings. The van der Waals surface area contributed by atoms with Crippen LogP contribution >= 0.6 is 0 Å². The Morgan fingerprint density at radius 1 is 0.909 bits per heavy atom. The van der Waals surface area contributed by atoms with Crippen molar-refractivity contribution in [2.24, 2.45) is 28.8 Å². The summed E-state index contributed by atoms with van der Waals surface area (Å²) in [6.07, 6.45) is 15.3. The van der Waals surface area contributed by atoms with Gasteiger partial charge >= 0.3 is 0 Å². The summed E-state index contributed by atoms with van der Waals surface area (Å²) < 4.78 is 32.9. The Labute approximate surface area is 390 Å². The molecule has 3 heterocycles. The number of fused-ring (bicyclic) bond motifs is 3. The van der Waals surface area contributed by atoms with Crippen molar-refractivity contribution in [3.63, 3.8) is 0 Å². The highest BCUT2D eigenvalue weighted by atomic mass is 16.7. The average Bonchev–Trinajstić information content (AvgIpc) is 3.77. The third-order valence-corrected chi connectivity index (χ3v) is 14.8. The third-order valence-electron chi connectivity index (χ3n) is 14.8. The topological polar surface area (TPSA) is 132 Å². The Balaban J connectivity index is 1.20. The molecule has 6 atom stereocenters. The first kappa shape index (κ1) is 46.2. The third kappa shape index (κ3) is 10.5. The van der Waals surface area contributed by atoms with E-state index in [0.29, 0.717) is 62.0 Å². The van der Waals surface area contributed by atoms with Gasteiger partial charge in [-0.25, -0.2) is 0 Å². The second-order valence-electron chi connectivity index (χ2n) is 19.1. The molecule has 0 radical (unpaired) electrons. The van der Waals surface area contributed by atoms with Gasteiger partial charge in [-0.2, -0.15) is 0 Å². The number of hydrogen-bond acceptors (Lipinski definition) is 11. The number of oxime groups is 1. The van der Waals surface area contributed by atoms with Crippen LogP contribution in [0.1, 0.15) is 106 Å². The van der Waals surface area contributed by atoms with Crippen molar-refractivity contribution in [2.45, 2.75) is 114 Å². The molecule has 2 saturated carbocycles. The number of unbranched alkanes of at least 4 members (excludes halogenated alkanes) is 2. The fourth-order valence-electron chi connectivity index (χ4n) is 11.5. The van der Waals surface area contributed by atoms with E-state index >= 15 is 4.79 Å². The van der Waals surface area contributed by atoms with Crippen molar-refractivity contribution in [1.29, 1.82) is 0 Å². The molecule has 3 fully saturated rings. The van der Waals surface area contributed by atoms with Crippen molar-refractivity contribution >= 4 is 11.6 Å². The molecule has 354 valence electrons. The lowest BCUT2D eigenvalue weighted by Gasteiger charge is -2.60. The van der Waals surface area contributed by atoms with Crippen LogP contribution in [0, 0.1) is 23.7 Å². The standard InChI is InChI=1S/C54H69N3O9/c1-2-29-64-54-50(57(51(60)23-19-38-12-6-7-13-38)35-40-18-21-48-49(31-40)63-37-62-48)34-46(55-65-36-39-14-4-3-5-15-39)44-32-41(16-8-10-27-58)43(17-9-11-28-59)52(53(44)54)45-33-42(20-22-47(45)66-54)61-30-26-56-24-25-56/h2-5,14-15,18,20-22,31-33,38,41,43,50,52-53,58-59H,1,6-13,16-17,19,23-30,34-37H2/t41-,43+,50-,52+,53+,54+/m0/s1. The van der Waals surface area contributed by atoms with Crippen molar-refractivity contribution in [3.8, 4) is 23.0 Å². The van der Waals surface area contributed by atoms with Gasteiger partial charge < -0.3 is 43.6 Å². The van der Waals surface area contributed by atoms with Gasteiger partial charge in [0, 0.05) is 63.7 Å². The van der Waals surface area contributed by atoms with E-state index < -0.39 is 17.7 Å². The Bertz CT molecular complexity index is 2170. The first-order valence-corrected chi connectivity index (χ1v) is 24.8. The van der Waals surface area contributed by atoms with Crippen LogP contribution in [0.2, 0.25) is 0 Å². The zero-order chi connectivity index (χ0) is 45.3. The van der Waals surface area contributed by atoms with Gasteiger partial charge in [0.25, 0.3) is 0 Å². The van der Waals surface area contributed by atoms with Crippen LogP contribution in [-0.2, 0) is 27.5 Å². The van der Waals surface area contributed by atoms with Gasteiger partial charge in [0.1, 0.15) is 30.8 Å². The fourth-order valence-corrected chi connectivity index (χ4v) is 11.5. The minimum absolute atomic E-state index is 0.0430. The Kier molecular flexibility index (Phi) is 15.3. The summed E-state index contributed by atoms with van der Waals surface area (Å²) in [5.74, 6) is 1.74. The van der Waals surface area contributed by atoms with Crippen molar-refractivity contribution in [3.05, 3.63) is 108 Å². The minimum atomic E-state index is -1.36. The molecule has 3 aromatic carbocycles. The van der Waals surface area contributed by atoms with Crippen molar-refractivity contribution < 1.29 is 43.5 Å². The summed E-state index contributed by atoms with van der Waals surface area (Å²) in [5, 5.41) is 25.1. The van der Waals surface area contributed by atoms with E-state index in [0.717, 1.165) is 98.3 Å². The molecule has 12 heteroatoms. The number of rotatable bonds is 24. The number of amides is 1. The number of allylic oxidation sites excluding steroid dienone is 1. The van der Waals surface area contributed by atoms with Gasteiger partial charge in [0.15, 0.2) is 11.5 Å². The van der Waals surface area contributed by atoms with E-state index in [1.54, 1.807) is 6.08 Å². The van der Waals surface area contributed by atoms with Gasteiger partial charge in [-0.15, -0.1) is 6.58 Å². The predicted molar refractivity (Wildman–Crippen MR) is 252 cm³/mol. The van der Waals surface area contributed by atoms with Gasteiger partial charge in [-0.1, -0.05) is 92.2 Å². The predicted octanol–water partition coefficient (Wildman–Crippen LogP) is 8.94. The summed E-state index contributed by atoms with van der Waals surface area (Å²) in [7, 11) is 0. The number of benzene rings is 3.